The van der Waals surface area contributed by atoms with E-state index in [4.69, 9.17) is 12.2 Å². The molecule has 0 aliphatic carbocycles. The second kappa shape index (κ2) is 7.03. The summed E-state index contributed by atoms with van der Waals surface area (Å²) < 4.78 is 2.37. The molecule has 3 aromatic rings. The Hall–Kier alpha value is -2.10. The number of rotatable bonds is 5. The first-order chi connectivity index (χ1) is 11.9. The lowest BCUT2D eigenvalue weighted by Gasteiger charge is -2.01. The Morgan fingerprint density at radius 3 is 2.84 bits per heavy atom. The number of thiophene rings is 1. The maximum Gasteiger partial charge on any atom is 0.267 e. The second-order valence-corrected chi connectivity index (χ2v) is 8.13. The number of anilines is 1. The van der Waals surface area contributed by atoms with Crippen LogP contribution in [0.4, 0.5) is 5.13 Å². The molecule has 0 aliphatic heterocycles. The lowest BCUT2D eigenvalue weighted by Crippen LogP contribution is -2.09. The summed E-state index contributed by atoms with van der Waals surface area (Å²) in [5.41, 5.74) is 1.91. The molecule has 6 nitrogen and oxygen atoms in total. The van der Waals surface area contributed by atoms with Crippen molar-refractivity contribution in [3.8, 4) is 10.7 Å². The van der Waals surface area contributed by atoms with E-state index in [2.05, 4.69) is 27.1 Å². The normalized spacial score (nSPS) is 10.8. The molecule has 0 saturated heterocycles. The van der Waals surface area contributed by atoms with Crippen LogP contribution in [0.25, 0.3) is 10.7 Å². The molecule has 0 saturated carbocycles. The van der Waals surface area contributed by atoms with Crippen molar-refractivity contribution in [1.29, 1.82) is 0 Å². The number of nitrogens with zero attached hydrogens (tertiary/aromatic N) is 3. The van der Waals surface area contributed by atoms with Crippen LogP contribution in [0.15, 0.2) is 18.7 Å². The Morgan fingerprint density at radius 1 is 1.44 bits per heavy atom. The van der Waals surface area contributed by atoms with Crippen molar-refractivity contribution >= 4 is 45.9 Å². The van der Waals surface area contributed by atoms with Gasteiger partial charge in [-0.1, -0.05) is 17.4 Å². The molecule has 1 amide bonds. The Labute approximate surface area is 158 Å². The zero-order chi connectivity index (χ0) is 18.1. The zero-order valence-electron chi connectivity index (χ0n) is 14.0. The van der Waals surface area contributed by atoms with Crippen LogP contribution < -0.4 is 5.32 Å². The Kier molecular flexibility index (Phi) is 4.98. The first-order valence-electron chi connectivity index (χ1n) is 7.53. The number of carbonyl (C=O) groups is 1. The minimum atomic E-state index is -0.147. The molecule has 0 fully saturated rings. The number of hydrogen-bond acceptors (Lipinski definition) is 6. The van der Waals surface area contributed by atoms with Crippen LogP contribution in [0.3, 0.4) is 0 Å². The summed E-state index contributed by atoms with van der Waals surface area (Å²) in [6, 6.07) is 1.89. The lowest BCUT2D eigenvalue weighted by molar-refractivity contribution is 0.103. The number of aryl methyl sites for hydroxylation is 3. The third kappa shape index (κ3) is 3.48. The second-order valence-electron chi connectivity index (χ2n) is 5.49. The molecule has 0 spiro atoms. The predicted molar refractivity (Wildman–Crippen MR) is 105 cm³/mol. The highest BCUT2D eigenvalue weighted by molar-refractivity contribution is 7.71. The molecule has 0 unspecified atom stereocenters. The van der Waals surface area contributed by atoms with Crippen molar-refractivity contribution in [1.82, 2.24) is 19.7 Å². The number of amides is 1. The minimum Gasteiger partial charge on any atom is -0.297 e. The highest BCUT2D eigenvalue weighted by atomic mass is 32.1. The van der Waals surface area contributed by atoms with Crippen molar-refractivity contribution in [2.75, 3.05) is 5.32 Å². The van der Waals surface area contributed by atoms with Gasteiger partial charge in [-0.2, -0.15) is 5.10 Å². The first-order valence-corrected chi connectivity index (χ1v) is 9.57. The predicted octanol–water partition coefficient (Wildman–Crippen LogP) is 4.49. The number of thiazole rings is 1. The van der Waals surface area contributed by atoms with Crippen molar-refractivity contribution in [2.24, 2.45) is 0 Å². The molecule has 0 radical (unpaired) electrons. The first kappa shape index (κ1) is 17.7. The Morgan fingerprint density at radius 2 is 2.20 bits per heavy atom. The molecule has 0 atom stereocenters. The third-order valence-electron chi connectivity index (χ3n) is 3.68. The number of aromatic nitrogens is 4. The smallest absolute Gasteiger partial charge is 0.267 e. The van der Waals surface area contributed by atoms with Gasteiger partial charge in [0.2, 0.25) is 0 Å². The van der Waals surface area contributed by atoms with Gasteiger partial charge >= 0.3 is 0 Å². The van der Waals surface area contributed by atoms with Gasteiger partial charge in [0.05, 0.1) is 15.4 Å². The summed E-state index contributed by atoms with van der Waals surface area (Å²) in [4.78, 5) is 19.6. The third-order valence-corrected chi connectivity index (χ3v) is 6.21. The van der Waals surface area contributed by atoms with Crippen LogP contribution in [-0.2, 0) is 6.54 Å². The highest BCUT2D eigenvalue weighted by Crippen LogP contribution is 2.32. The van der Waals surface area contributed by atoms with Crippen molar-refractivity contribution in [2.45, 2.75) is 27.3 Å². The molecule has 2 N–H and O–H groups in total. The number of nitrogens with one attached hydrogen (secondary N) is 2. The lowest BCUT2D eigenvalue weighted by atomic mass is 10.3. The Bertz CT molecular complexity index is 988. The van der Waals surface area contributed by atoms with Crippen LogP contribution in [0, 0.1) is 25.5 Å². The van der Waals surface area contributed by atoms with Gasteiger partial charge in [-0.05, 0) is 44.6 Å². The average molecular weight is 392 g/mol. The molecule has 9 heteroatoms. The molecule has 25 heavy (non-hydrogen) atoms. The van der Waals surface area contributed by atoms with Crippen LogP contribution in [0.1, 0.15) is 25.8 Å². The van der Waals surface area contributed by atoms with E-state index in [1.165, 1.54) is 22.7 Å². The fourth-order valence-corrected chi connectivity index (χ4v) is 4.39. The van der Waals surface area contributed by atoms with E-state index in [1.54, 1.807) is 6.08 Å². The molecule has 3 aromatic heterocycles. The van der Waals surface area contributed by atoms with Gasteiger partial charge in [0.15, 0.2) is 15.7 Å². The molecule has 0 aromatic carbocycles. The topological polar surface area (TPSA) is 75.6 Å². The van der Waals surface area contributed by atoms with E-state index in [1.807, 2.05) is 31.4 Å². The molecular formula is C16H17N5OS3. The van der Waals surface area contributed by atoms with Gasteiger partial charge in [0, 0.05) is 11.4 Å². The van der Waals surface area contributed by atoms with Gasteiger partial charge in [0.1, 0.15) is 0 Å². The van der Waals surface area contributed by atoms with Crippen molar-refractivity contribution < 1.29 is 4.79 Å². The summed E-state index contributed by atoms with van der Waals surface area (Å²) >= 11 is 8.11. The maximum absolute atomic E-state index is 12.4. The van der Waals surface area contributed by atoms with E-state index >= 15 is 0 Å². The number of hydrogen-bond donors (Lipinski definition) is 2. The number of H-pyrrole nitrogens is 1. The summed E-state index contributed by atoms with van der Waals surface area (Å²) in [5, 5.41) is 10.5. The van der Waals surface area contributed by atoms with Gasteiger partial charge in [-0.15, -0.1) is 17.9 Å². The van der Waals surface area contributed by atoms with Crippen LogP contribution in [0.2, 0.25) is 0 Å². The van der Waals surface area contributed by atoms with E-state index < -0.39 is 0 Å². The van der Waals surface area contributed by atoms with E-state index in [9.17, 15) is 4.79 Å². The number of allylic oxidation sites excluding steroid dienone is 1. The Balaban J connectivity index is 1.89. The molecule has 0 aliphatic rings. The van der Waals surface area contributed by atoms with Crippen molar-refractivity contribution in [3.05, 3.63) is 44.5 Å². The number of aromatic amines is 1. The minimum absolute atomic E-state index is 0.147. The standard InChI is InChI=1S/C16H17N5OS3/c1-5-6-21-13(19-20-16(21)23)12-9(3)17-15(25-12)18-14(22)11-7-8(2)10(4)24-11/h5,7H,1,6H2,2-4H3,(H,20,23)(H,17,18,22). The summed E-state index contributed by atoms with van der Waals surface area (Å²) in [7, 11) is 0. The quantitative estimate of drug-likeness (QED) is 0.496. The zero-order valence-corrected chi connectivity index (χ0v) is 16.5. The van der Waals surface area contributed by atoms with E-state index in [-0.39, 0.29) is 5.91 Å². The highest BCUT2D eigenvalue weighted by Gasteiger charge is 2.18. The summed E-state index contributed by atoms with van der Waals surface area (Å²) in [6.07, 6.45) is 1.76. The molecule has 0 bridgehead atoms. The fraction of sp³-hybridized carbons (Fsp3) is 0.250. The van der Waals surface area contributed by atoms with Gasteiger partial charge in [0.25, 0.3) is 5.91 Å². The molecule has 130 valence electrons. The SMILES string of the molecule is C=CCn1c(-c2sc(NC(=O)c3cc(C)c(C)s3)nc2C)n[nH]c1=S. The van der Waals surface area contributed by atoms with Gasteiger partial charge in [-0.25, -0.2) is 4.98 Å². The molecular weight excluding hydrogens is 374 g/mol. The van der Waals surface area contributed by atoms with Crippen LogP contribution in [-0.4, -0.2) is 25.7 Å². The fourth-order valence-electron chi connectivity index (χ4n) is 2.29. The average Bonchev–Trinajstić information content (AvgIpc) is 3.20. The van der Waals surface area contributed by atoms with Gasteiger partial charge in [-0.3, -0.25) is 19.8 Å². The van der Waals surface area contributed by atoms with Crippen LogP contribution >= 0.6 is 34.9 Å². The van der Waals surface area contributed by atoms with E-state index in [0.717, 1.165) is 21.0 Å². The molecule has 3 rings (SSSR count). The monoisotopic (exact) mass is 391 g/mol. The molecule has 3 heterocycles. The van der Waals surface area contributed by atoms with E-state index in [0.29, 0.717) is 27.1 Å². The van der Waals surface area contributed by atoms with Gasteiger partial charge < -0.3 is 0 Å². The van der Waals surface area contributed by atoms with Crippen molar-refractivity contribution in [3.63, 3.8) is 0 Å². The summed E-state index contributed by atoms with van der Waals surface area (Å²) in [5.74, 6) is 0.551. The maximum atomic E-state index is 12.4. The van der Waals surface area contributed by atoms with Crippen LogP contribution in [0.5, 0.6) is 0 Å². The summed E-state index contributed by atoms with van der Waals surface area (Å²) in [6.45, 7) is 10.2. The largest absolute Gasteiger partial charge is 0.297 e. The number of carbonyl (C=O) groups excluding carboxylic acids is 1.